The molecule has 0 fully saturated rings. The zero-order valence-electron chi connectivity index (χ0n) is 18.9. The first-order valence-corrected chi connectivity index (χ1v) is 11.0. The minimum atomic E-state index is -0.670. The number of carbonyl (C=O) groups excluding carboxylic acids is 2. The van der Waals surface area contributed by atoms with E-state index in [9.17, 15) is 9.59 Å². The van der Waals surface area contributed by atoms with Gasteiger partial charge in [-0.25, -0.2) is 9.59 Å². The summed E-state index contributed by atoms with van der Waals surface area (Å²) in [5.74, 6) is 0.169. The van der Waals surface area contributed by atoms with Gasteiger partial charge < -0.3 is 20.1 Å². The lowest BCUT2D eigenvalue weighted by Gasteiger charge is -2.32. The zero-order chi connectivity index (χ0) is 22.9. The van der Waals surface area contributed by atoms with Gasteiger partial charge in [0.2, 0.25) is 0 Å². The fraction of sp³-hybridized carbons (Fsp3) is 0.360. The quantitative estimate of drug-likeness (QED) is 0.553. The number of para-hydroxylation sites is 1. The Labute approximate surface area is 189 Å². The van der Waals surface area contributed by atoms with Gasteiger partial charge in [-0.1, -0.05) is 55.5 Å². The summed E-state index contributed by atoms with van der Waals surface area (Å²) < 4.78 is 11.2. The number of hydrogen-bond acceptors (Lipinski definition) is 5. The molecular formula is C25H31N3O4. The molecule has 32 heavy (non-hydrogen) atoms. The Hall–Kier alpha value is -3.32. The SMILES string of the molecule is CCOC(=O)C1=C(CN(CC)Cc2ccccc2)NC(=O)N[C@H]1c1ccccc1OCC. The Bertz CT molecular complexity index is 959. The molecule has 0 radical (unpaired) electrons. The molecule has 2 N–H and O–H groups in total. The van der Waals surface area contributed by atoms with Crippen LogP contribution in [0.5, 0.6) is 5.75 Å². The summed E-state index contributed by atoms with van der Waals surface area (Å²) in [6.07, 6.45) is 0. The van der Waals surface area contributed by atoms with Crippen LogP contribution in [0, 0.1) is 0 Å². The first-order chi connectivity index (χ1) is 15.6. The van der Waals surface area contributed by atoms with Gasteiger partial charge >= 0.3 is 12.0 Å². The molecule has 0 bridgehead atoms. The van der Waals surface area contributed by atoms with Crippen LogP contribution in [0.3, 0.4) is 0 Å². The van der Waals surface area contributed by atoms with Crippen LogP contribution in [0.25, 0.3) is 0 Å². The Balaban J connectivity index is 2.01. The monoisotopic (exact) mass is 437 g/mol. The van der Waals surface area contributed by atoms with Crippen molar-refractivity contribution >= 4 is 12.0 Å². The first kappa shape index (κ1) is 23.3. The predicted octanol–water partition coefficient (Wildman–Crippen LogP) is 3.78. The van der Waals surface area contributed by atoms with Gasteiger partial charge in [0.15, 0.2) is 0 Å². The molecular weight excluding hydrogens is 406 g/mol. The van der Waals surface area contributed by atoms with Gasteiger partial charge in [0.25, 0.3) is 0 Å². The number of benzene rings is 2. The van der Waals surface area contributed by atoms with Crippen LogP contribution in [0.1, 0.15) is 37.9 Å². The van der Waals surface area contributed by atoms with E-state index in [1.54, 1.807) is 6.92 Å². The molecule has 7 heteroatoms. The van der Waals surface area contributed by atoms with E-state index in [4.69, 9.17) is 9.47 Å². The van der Waals surface area contributed by atoms with E-state index in [1.165, 1.54) is 0 Å². The van der Waals surface area contributed by atoms with E-state index in [1.807, 2.05) is 49.4 Å². The number of amides is 2. The molecule has 1 aliphatic rings. The van der Waals surface area contributed by atoms with Gasteiger partial charge in [0.1, 0.15) is 5.75 Å². The highest BCUT2D eigenvalue weighted by atomic mass is 16.5. The van der Waals surface area contributed by atoms with Gasteiger partial charge in [-0.15, -0.1) is 0 Å². The summed E-state index contributed by atoms with van der Waals surface area (Å²) in [6.45, 7) is 8.28. The van der Waals surface area contributed by atoms with E-state index >= 15 is 0 Å². The summed E-state index contributed by atoms with van der Waals surface area (Å²) in [5, 5.41) is 5.74. The number of nitrogens with zero attached hydrogens (tertiary/aromatic N) is 1. The molecule has 1 aliphatic heterocycles. The van der Waals surface area contributed by atoms with Gasteiger partial charge in [0.05, 0.1) is 24.8 Å². The molecule has 0 spiro atoms. The molecule has 0 aliphatic carbocycles. The van der Waals surface area contributed by atoms with Crippen molar-refractivity contribution in [2.75, 3.05) is 26.3 Å². The lowest BCUT2D eigenvalue weighted by atomic mass is 9.94. The maximum Gasteiger partial charge on any atom is 0.338 e. The standard InChI is InChI=1S/C25H31N3O4/c1-4-28(16-18-12-8-7-9-13-18)17-20-22(24(29)32-6-3)23(27-25(30)26-20)19-14-10-11-15-21(19)31-5-2/h7-15,23H,4-6,16-17H2,1-3H3,(H2,26,27,30)/t23-/m0/s1. The highest BCUT2D eigenvalue weighted by Gasteiger charge is 2.35. The number of carbonyl (C=O) groups is 2. The summed E-state index contributed by atoms with van der Waals surface area (Å²) in [5.41, 5.74) is 2.81. The lowest BCUT2D eigenvalue weighted by molar-refractivity contribution is -0.139. The summed E-state index contributed by atoms with van der Waals surface area (Å²) >= 11 is 0. The number of rotatable bonds is 10. The minimum absolute atomic E-state index is 0.241. The maximum absolute atomic E-state index is 13.1. The van der Waals surface area contributed by atoms with Crippen LogP contribution in [0.2, 0.25) is 0 Å². The lowest BCUT2D eigenvalue weighted by Crippen LogP contribution is -2.48. The molecule has 2 aromatic rings. The van der Waals surface area contributed by atoms with Crippen molar-refractivity contribution < 1.29 is 19.1 Å². The number of ether oxygens (including phenoxy) is 2. The third kappa shape index (κ3) is 5.68. The van der Waals surface area contributed by atoms with Crippen molar-refractivity contribution in [2.45, 2.75) is 33.4 Å². The smallest absolute Gasteiger partial charge is 0.338 e. The minimum Gasteiger partial charge on any atom is -0.494 e. The normalized spacial score (nSPS) is 15.9. The van der Waals surface area contributed by atoms with Gasteiger partial charge in [-0.3, -0.25) is 4.90 Å². The van der Waals surface area contributed by atoms with E-state index in [-0.39, 0.29) is 12.6 Å². The molecule has 1 atom stereocenters. The Kier molecular flexibility index (Phi) is 8.27. The number of likely N-dealkylation sites (N-methyl/N-ethyl adjacent to an activating group) is 1. The third-order valence-electron chi connectivity index (χ3n) is 5.26. The van der Waals surface area contributed by atoms with Crippen molar-refractivity contribution in [3.05, 3.63) is 77.0 Å². The average molecular weight is 438 g/mol. The summed E-state index contributed by atoms with van der Waals surface area (Å²) in [7, 11) is 0. The average Bonchev–Trinajstić information content (AvgIpc) is 2.79. The summed E-state index contributed by atoms with van der Waals surface area (Å²) in [6, 6.07) is 16.5. The highest BCUT2D eigenvalue weighted by Crippen LogP contribution is 2.34. The second-order valence-corrected chi connectivity index (χ2v) is 7.40. The van der Waals surface area contributed by atoms with Crippen molar-refractivity contribution in [2.24, 2.45) is 0 Å². The van der Waals surface area contributed by atoms with Crippen molar-refractivity contribution in [3.63, 3.8) is 0 Å². The van der Waals surface area contributed by atoms with E-state index in [0.717, 1.165) is 17.7 Å². The number of esters is 1. The Morgan fingerprint density at radius 1 is 0.969 bits per heavy atom. The molecule has 0 saturated carbocycles. The van der Waals surface area contributed by atoms with Crippen molar-refractivity contribution in [3.8, 4) is 5.75 Å². The summed E-state index contributed by atoms with van der Waals surface area (Å²) in [4.78, 5) is 27.8. The van der Waals surface area contributed by atoms with Crippen LogP contribution >= 0.6 is 0 Å². The van der Waals surface area contributed by atoms with Crippen LogP contribution in [-0.4, -0.2) is 43.2 Å². The Morgan fingerprint density at radius 2 is 1.69 bits per heavy atom. The molecule has 0 unspecified atom stereocenters. The molecule has 0 aromatic heterocycles. The van der Waals surface area contributed by atoms with Gasteiger partial charge in [-0.05, 0) is 32.0 Å². The molecule has 3 rings (SSSR count). The van der Waals surface area contributed by atoms with E-state index in [2.05, 4.69) is 34.6 Å². The fourth-order valence-electron chi connectivity index (χ4n) is 3.78. The first-order valence-electron chi connectivity index (χ1n) is 11.0. The van der Waals surface area contributed by atoms with Crippen molar-refractivity contribution in [1.82, 2.24) is 15.5 Å². The van der Waals surface area contributed by atoms with E-state index < -0.39 is 12.0 Å². The van der Waals surface area contributed by atoms with Crippen LogP contribution < -0.4 is 15.4 Å². The van der Waals surface area contributed by atoms with E-state index in [0.29, 0.717) is 36.7 Å². The third-order valence-corrected chi connectivity index (χ3v) is 5.26. The van der Waals surface area contributed by atoms with Gasteiger partial charge in [0, 0.05) is 24.4 Å². The Morgan fingerprint density at radius 3 is 2.38 bits per heavy atom. The zero-order valence-corrected chi connectivity index (χ0v) is 18.9. The fourth-order valence-corrected chi connectivity index (χ4v) is 3.78. The van der Waals surface area contributed by atoms with Crippen LogP contribution in [-0.2, 0) is 16.1 Å². The number of nitrogens with one attached hydrogen (secondary N) is 2. The molecule has 170 valence electrons. The number of urea groups is 1. The number of hydrogen-bond donors (Lipinski definition) is 2. The maximum atomic E-state index is 13.1. The highest BCUT2D eigenvalue weighted by molar-refractivity contribution is 5.95. The molecule has 2 amide bonds. The van der Waals surface area contributed by atoms with Crippen LogP contribution in [0.4, 0.5) is 4.79 Å². The second-order valence-electron chi connectivity index (χ2n) is 7.40. The largest absolute Gasteiger partial charge is 0.494 e. The predicted molar refractivity (Wildman–Crippen MR) is 123 cm³/mol. The van der Waals surface area contributed by atoms with Crippen molar-refractivity contribution in [1.29, 1.82) is 0 Å². The van der Waals surface area contributed by atoms with Crippen LogP contribution in [0.15, 0.2) is 65.9 Å². The van der Waals surface area contributed by atoms with Gasteiger partial charge in [-0.2, -0.15) is 0 Å². The second kappa shape index (κ2) is 11.3. The molecule has 7 nitrogen and oxygen atoms in total. The molecule has 0 saturated heterocycles. The molecule has 2 aromatic carbocycles. The topological polar surface area (TPSA) is 79.9 Å². The molecule has 1 heterocycles.